The predicted octanol–water partition coefficient (Wildman–Crippen LogP) is 2.44. The van der Waals surface area contributed by atoms with Crippen molar-refractivity contribution in [3.05, 3.63) is 74.0 Å². The van der Waals surface area contributed by atoms with E-state index in [2.05, 4.69) is 24.7 Å². The summed E-state index contributed by atoms with van der Waals surface area (Å²) in [6.45, 7) is 1.58. The lowest BCUT2D eigenvalue weighted by molar-refractivity contribution is 0.380. The van der Waals surface area contributed by atoms with Crippen molar-refractivity contribution in [2.24, 2.45) is 0 Å². The number of halogens is 1. The van der Waals surface area contributed by atoms with E-state index < -0.39 is 21.1 Å². The van der Waals surface area contributed by atoms with E-state index in [1.807, 2.05) is 0 Å². The number of methoxy groups -OCH3 is 1. The second-order valence-corrected chi connectivity index (χ2v) is 8.89. The van der Waals surface area contributed by atoms with E-state index in [0.717, 1.165) is 0 Å². The summed E-state index contributed by atoms with van der Waals surface area (Å²) in [6.07, 6.45) is 3.08. The van der Waals surface area contributed by atoms with Gasteiger partial charge in [-0.1, -0.05) is 17.7 Å². The molecule has 0 aliphatic heterocycles. The first kappa shape index (κ1) is 21.5. The van der Waals surface area contributed by atoms with Crippen LogP contribution in [0.5, 0.6) is 6.01 Å². The zero-order chi connectivity index (χ0) is 23.0. The average molecular weight is 474 g/mol. The Labute approximate surface area is 186 Å². The molecule has 2 aromatic carbocycles. The number of anilines is 1. The molecule has 0 aliphatic carbocycles. The molecule has 0 unspecified atom stereocenters. The number of aryl methyl sites for hydroxylation is 1. The highest BCUT2D eigenvalue weighted by Gasteiger charge is 2.19. The Bertz CT molecular complexity index is 1560. The minimum absolute atomic E-state index is 0.0588. The molecule has 0 aliphatic rings. The van der Waals surface area contributed by atoms with Crippen LogP contribution < -0.4 is 20.6 Å². The molecular formula is C20H16ClN5O5S. The molecule has 12 heteroatoms. The zero-order valence-electron chi connectivity index (χ0n) is 16.8. The van der Waals surface area contributed by atoms with Crippen LogP contribution in [0.15, 0.2) is 57.2 Å². The molecule has 2 aromatic heterocycles. The fourth-order valence-electron chi connectivity index (χ4n) is 3.13. The lowest BCUT2D eigenvalue weighted by atomic mass is 10.1. The average Bonchev–Trinajstić information content (AvgIpc) is 2.74. The summed E-state index contributed by atoms with van der Waals surface area (Å²) in [5.74, 6) is 0. The van der Waals surface area contributed by atoms with Crippen LogP contribution >= 0.6 is 11.6 Å². The molecule has 4 rings (SSSR count). The monoisotopic (exact) mass is 473 g/mol. The molecular weight excluding hydrogens is 458 g/mol. The Hall–Kier alpha value is -3.70. The maximum atomic E-state index is 13.0. The molecule has 164 valence electrons. The van der Waals surface area contributed by atoms with Crippen LogP contribution in [0.1, 0.15) is 5.56 Å². The first-order valence-electron chi connectivity index (χ1n) is 9.13. The van der Waals surface area contributed by atoms with Gasteiger partial charge in [0.1, 0.15) is 0 Å². The summed E-state index contributed by atoms with van der Waals surface area (Å²) in [6, 6.07) is 7.63. The van der Waals surface area contributed by atoms with Crippen molar-refractivity contribution in [1.29, 1.82) is 0 Å². The van der Waals surface area contributed by atoms with Crippen LogP contribution in [0, 0.1) is 6.92 Å². The van der Waals surface area contributed by atoms with E-state index in [9.17, 15) is 18.0 Å². The zero-order valence-corrected chi connectivity index (χ0v) is 18.3. The standard InChI is InChI=1S/C20H16ClN5O5S/c1-10-5-15-16(25-19(28)18(27)24-15)7-17(10)32(29,30)26-12-3-4-13(14(21)6-12)11-8-22-20(31-2)23-9-11/h3-9,26H,1-2H3,(H,24,27)(H,25,28). The summed E-state index contributed by atoms with van der Waals surface area (Å²) in [7, 11) is -2.57. The SMILES string of the molecule is COc1ncc(-c2ccc(NS(=O)(=O)c3cc4[nH]c(=O)c(=O)[nH]c4cc3C)cc2Cl)cn1. The van der Waals surface area contributed by atoms with E-state index in [1.54, 1.807) is 31.5 Å². The first-order chi connectivity index (χ1) is 15.2. The molecule has 0 amide bonds. The topological polar surface area (TPSA) is 147 Å². The molecule has 0 saturated carbocycles. The van der Waals surface area contributed by atoms with Gasteiger partial charge < -0.3 is 14.7 Å². The number of ether oxygens (including phenoxy) is 1. The summed E-state index contributed by atoms with van der Waals surface area (Å²) < 4.78 is 33.4. The highest BCUT2D eigenvalue weighted by atomic mass is 35.5. The van der Waals surface area contributed by atoms with Gasteiger partial charge in [0, 0.05) is 23.5 Å². The number of aromatic nitrogens is 4. The van der Waals surface area contributed by atoms with Gasteiger partial charge in [0.15, 0.2) is 0 Å². The number of nitrogens with zero attached hydrogens (tertiary/aromatic N) is 2. The Morgan fingerprint density at radius 2 is 1.62 bits per heavy atom. The number of hydrogen-bond donors (Lipinski definition) is 3. The largest absolute Gasteiger partial charge is 0.467 e. The number of benzene rings is 2. The molecule has 10 nitrogen and oxygen atoms in total. The van der Waals surface area contributed by atoms with E-state index in [-0.39, 0.29) is 27.1 Å². The van der Waals surface area contributed by atoms with Gasteiger partial charge in [0.2, 0.25) is 0 Å². The highest BCUT2D eigenvalue weighted by Crippen LogP contribution is 2.31. The molecule has 3 N–H and O–H groups in total. The number of nitrogens with one attached hydrogen (secondary N) is 3. The summed E-state index contributed by atoms with van der Waals surface area (Å²) in [4.78, 5) is 35.9. The molecule has 32 heavy (non-hydrogen) atoms. The summed E-state index contributed by atoms with van der Waals surface area (Å²) >= 11 is 6.36. The Morgan fingerprint density at radius 3 is 2.22 bits per heavy atom. The van der Waals surface area contributed by atoms with Crippen molar-refractivity contribution in [2.45, 2.75) is 11.8 Å². The van der Waals surface area contributed by atoms with Gasteiger partial charge in [0.05, 0.1) is 33.7 Å². The van der Waals surface area contributed by atoms with Crippen molar-refractivity contribution in [3.63, 3.8) is 0 Å². The Morgan fingerprint density at radius 1 is 1.00 bits per heavy atom. The third kappa shape index (κ3) is 4.07. The van der Waals surface area contributed by atoms with Gasteiger partial charge in [-0.3, -0.25) is 14.3 Å². The molecule has 0 fully saturated rings. The van der Waals surface area contributed by atoms with Crippen molar-refractivity contribution in [1.82, 2.24) is 19.9 Å². The van der Waals surface area contributed by atoms with Crippen LogP contribution in [0.3, 0.4) is 0 Å². The summed E-state index contributed by atoms with van der Waals surface area (Å²) in [5.41, 5.74) is 0.682. The van der Waals surface area contributed by atoms with Crippen LogP contribution in [0.25, 0.3) is 22.2 Å². The molecule has 4 aromatic rings. The first-order valence-corrected chi connectivity index (χ1v) is 11.0. The predicted molar refractivity (Wildman–Crippen MR) is 120 cm³/mol. The van der Waals surface area contributed by atoms with Gasteiger partial charge in [-0.05, 0) is 36.8 Å². The molecule has 0 bridgehead atoms. The maximum Gasteiger partial charge on any atom is 0.316 e. The summed E-state index contributed by atoms with van der Waals surface area (Å²) in [5, 5.41) is 0.288. The lowest BCUT2D eigenvalue weighted by Crippen LogP contribution is -2.29. The Kier molecular flexibility index (Phi) is 5.45. The second kappa shape index (κ2) is 8.09. The van der Waals surface area contributed by atoms with Crippen molar-refractivity contribution in [3.8, 4) is 17.1 Å². The number of rotatable bonds is 5. The second-order valence-electron chi connectivity index (χ2n) is 6.83. The van der Waals surface area contributed by atoms with Gasteiger partial charge in [-0.25, -0.2) is 18.4 Å². The quantitative estimate of drug-likeness (QED) is 0.377. The number of H-pyrrole nitrogens is 2. The van der Waals surface area contributed by atoms with Crippen LogP contribution in [-0.2, 0) is 10.0 Å². The third-order valence-corrected chi connectivity index (χ3v) is 6.49. The van der Waals surface area contributed by atoms with Crippen LogP contribution in [-0.4, -0.2) is 35.5 Å². The van der Waals surface area contributed by atoms with E-state index in [1.165, 1.54) is 25.3 Å². The van der Waals surface area contributed by atoms with Crippen molar-refractivity contribution < 1.29 is 13.2 Å². The minimum Gasteiger partial charge on any atom is -0.467 e. The molecule has 2 heterocycles. The number of aromatic amines is 2. The molecule has 0 spiro atoms. The number of hydrogen-bond acceptors (Lipinski definition) is 7. The van der Waals surface area contributed by atoms with Crippen LogP contribution in [0.4, 0.5) is 5.69 Å². The highest BCUT2D eigenvalue weighted by molar-refractivity contribution is 7.92. The smallest absolute Gasteiger partial charge is 0.316 e. The van der Waals surface area contributed by atoms with E-state index in [0.29, 0.717) is 22.2 Å². The normalized spacial score (nSPS) is 11.5. The lowest BCUT2D eigenvalue weighted by Gasteiger charge is -2.13. The maximum absolute atomic E-state index is 13.0. The molecule has 0 atom stereocenters. The third-order valence-electron chi connectivity index (χ3n) is 4.65. The fourth-order valence-corrected chi connectivity index (χ4v) is 4.72. The van der Waals surface area contributed by atoms with E-state index >= 15 is 0 Å². The van der Waals surface area contributed by atoms with Crippen LogP contribution in [0.2, 0.25) is 5.02 Å². The van der Waals surface area contributed by atoms with Crippen molar-refractivity contribution >= 4 is 38.3 Å². The Balaban J connectivity index is 1.68. The molecule has 0 saturated heterocycles. The molecule has 0 radical (unpaired) electrons. The fraction of sp³-hybridized carbons (Fsp3) is 0.100. The van der Waals surface area contributed by atoms with Gasteiger partial charge in [0.25, 0.3) is 10.0 Å². The van der Waals surface area contributed by atoms with Gasteiger partial charge >= 0.3 is 17.1 Å². The van der Waals surface area contributed by atoms with Gasteiger partial charge in [-0.2, -0.15) is 0 Å². The van der Waals surface area contributed by atoms with Gasteiger partial charge in [-0.15, -0.1) is 0 Å². The number of fused-ring (bicyclic) bond motifs is 1. The van der Waals surface area contributed by atoms with Crippen molar-refractivity contribution in [2.75, 3.05) is 11.8 Å². The minimum atomic E-state index is -4.03. The van der Waals surface area contributed by atoms with E-state index in [4.69, 9.17) is 16.3 Å². The number of sulfonamides is 1.